The van der Waals surface area contributed by atoms with E-state index in [9.17, 15) is 4.39 Å². The fourth-order valence-electron chi connectivity index (χ4n) is 3.20. The second-order valence-corrected chi connectivity index (χ2v) is 7.36. The van der Waals surface area contributed by atoms with Gasteiger partial charge in [0.2, 0.25) is 5.13 Å². The predicted molar refractivity (Wildman–Crippen MR) is 120 cm³/mol. The third-order valence-corrected chi connectivity index (χ3v) is 5.40. The number of hydrogen-bond donors (Lipinski definition) is 2. The molecule has 2 aromatic heterocycles. The first-order valence-electron chi connectivity index (χ1n) is 9.37. The Hall–Kier alpha value is -3.72. The maximum Gasteiger partial charge on any atom is 0.212 e. The van der Waals surface area contributed by atoms with Gasteiger partial charge in [-0.2, -0.15) is 4.99 Å². The van der Waals surface area contributed by atoms with Crippen LogP contribution in [0.5, 0.6) is 11.5 Å². The van der Waals surface area contributed by atoms with Gasteiger partial charge >= 0.3 is 0 Å². The molecule has 3 N–H and O–H groups in total. The van der Waals surface area contributed by atoms with E-state index in [4.69, 9.17) is 15.2 Å². The van der Waals surface area contributed by atoms with E-state index in [0.717, 1.165) is 11.1 Å². The molecule has 2 heterocycles. The highest BCUT2D eigenvalue weighted by Gasteiger charge is 2.12. The van der Waals surface area contributed by atoms with Gasteiger partial charge in [-0.3, -0.25) is 4.98 Å². The molecule has 0 saturated heterocycles. The highest BCUT2D eigenvalue weighted by molar-refractivity contribution is 7.13. The normalized spacial score (nSPS) is 11.5. The number of aromatic nitrogens is 2. The molecule has 0 aliphatic heterocycles. The van der Waals surface area contributed by atoms with Crippen LogP contribution in [0.2, 0.25) is 0 Å². The summed E-state index contributed by atoms with van der Waals surface area (Å²) in [6, 6.07) is 11.8. The Morgan fingerprint density at radius 2 is 1.94 bits per heavy atom. The van der Waals surface area contributed by atoms with E-state index in [-0.39, 0.29) is 11.8 Å². The molecule has 7 nitrogen and oxygen atoms in total. The van der Waals surface area contributed by atoms with Gasteiger partial charge in [0.25, 0.3) is 0 Å². The molecule has 0 amide bonds. The summed E-state index contributed by atoms with van der Waals surface area (Å²) in [4.78, 5) is 13.2. The molecule has 0 saturated carbocycles. The van der Waals surface area contributed by atoms with Crippen LogP contribution in [0.25, 0.3) is 22.2 Å². The third-order valence-electron chi connectivity index (χ3n) is 4.66. The van der Waals surface area contributed by atoms with Crippen molar-refractivity contribution in [2.24, 2.45) is 10.7 Å². The molecule has 0 atom stereocenters. The van der Waals surface area contributed by atoms with Gasteiger partial charge in [0, 0.05) is 22.5 Å². The zero-order valence-corrected chi connectivity index (χ0v) is 17.7. The molecule has 0 unspecified atom stereocenters. The molecule has 0 aliphatic carbocycles. The van der Waals surface area contributed by atoms with E-state index < -0.39 is 0 Å². The minimum absolute atomic E-state index is 0.208. The molecule has 0 radical (unpaired) electrons. The molecule has 9 heteroatoms. The van der Waals surface area contributed by atoms with Crippen molar-refractivity contribution in [2.75, 3.05) is 14.2 Å². The second kappa shape index (κ2) is 8.97. The number of thiazole rings is 1. The summed E-state index contributed by atoms with van der Waals surface area (Å²) in [5.74, 6) is 1.26. The summed E-state index contributed by atoms with van der Waals surface area (Å²) >= 11 is 1.34. The van der Waals surface area contributed by atoms with Gasteiger partial charge < -0.3 is 20.5 Å². The first-order valence-corrected chi connectivity index (χ1v) is 10.2. The number of hydrogen-bond acceptors (Lipinski definition) is 6. The van der Waals surface area contributed by atoms with Crippen LogP contribution in [0.4, 0.5) is 9.52 Å². The number of aliphatic imine (C=N–C) groups is 1. The van der Waals surface area contributed by atoms with Crippen LogP contribution >= 0.6 is 11.3 Å². The molecule has 158 valence electrons. The maximum atomic E-state index is 13.7. The Kier molecular flexibility index (Phi) is 5.94. The molecule has 31 heavy (non-hydrogen) atoms. The van der Waals surface area contributed by atoms with Crippen molar-refractivity contribution in [3.05, 3.63) is 65.4 Å². The first kappa shape index (κ1) is 20.5. The summed E-state index contributed by atoms with van der Waals surface area (Å²) in [6.07, 6.45) is 1.68. The lowest BCUT2D eigenvalue weighted by Gasteiger charge is -2.13. The summed E-state index contributed by atoms with van der Waals surface area (Å²) in [5, 5.41) is 6.09. The lowest BCUT2D eigenvalue weighted by molar-refractivity contribution is 0.384. The number of nitrogens with two attached hydrogens (primary N) is 1. The van der Waals surface area contributed by atoms with E-state index in [0.29, 0.717) is 39.8 Å². The fourth-order valence-corrected chi connectivity index (χ4v) is 3.90. The van der Waals surface area contributed by atoms with Crippen LogP contribution < -0.4 is 20.5 Å². The van der Waals surface area contributed by atoms with E-state index in [1.807, 2.05) is 23.6 Å². The smallest absolute Gasteiger partial charge is 0.212 e. The summed E-state index contributed by atoms with van der Waals surface area (Å²) < 4.78 is 24.5. The van der Waals surface area contributed by atoms with Crippen LogP contribution in [0.15, 0.2) is 59.0 Å². The Balaban J connectivity index is 1.55. The van der Waals surface area contributed by atoms with Gasteiger partial charge in [0.05, 0.1) is 37.5 Å². The van der Waals surface area contributed by atoms with E-state index in [1.165, 1.54) is 23.5 Å². The third kappa shape index (κ3) is 4.41. The SMILES string of the molecule is COc1cccc(OC)c1CNC(N)=Nc1nc(-c2ccnc3ccc(F)cc23)cs1. The van der Waals surface area contributed by atoms with Crippen molar-refractivity contribution in [3.63, 3.8) is 0 Å². The molecule has 4 aromatic rings. The number of pyridine rings is 1. The molecule has 2 aromatic carbocycles. The van der Waals surface area contributed by atoms with Crippen LogP contribution in [0.3, 0.4) is 0 Å². The fraction of sp³-hybridized carbons (Fsp3) is 0.136. The monoisotopic (exact) mass is 437 g/mol. The van der Waals surface area contributed by atoms with E-state index in [2.05, 4.69) is 20.3 Å². The summed E-state index contributed by atoms with van der Waals surface area (Å²) in [5.41, 5.74) is 9.05. The highest BCUT2D eigenvalue weighted by Crippen LogP contribution is 2.32. The number of methoxy groups -OCH3 is 2. The second-order valence-electron chi connectivity index (χ2n) is 6.53. The number of halogens is 1. The number of fused-ring (bicyclic) bond motifs is 1. The molecule has 0 spiro atoms. The zero-order valence-electron chi connectivity index (χ0n) is 16.9. The van der Waals surface area contributed by atoms with Gasteiger partial charge in [0.1, 0.15) is 17.3 Å². The van der Waals surface area contributed by atoms with Crippen molar-refractivity contribution in [1.82, 2.24) is 15.3 Å². The Morgan fingerprint density at radius 1 is 1.16 bits per heavy atom. The Morgan fingerprint density at radius 3 is 2.68 bits per heavy atom. The number of nitrogens with zero attached hydrogens (tertiary/aromatic N) is 3. The first-order chi connectivity index (χ1) is 15.1. The van der Waals surface area contributed by atoms with Gasteiger partial charge in [0.15, 0.2) is 5.96 Å². The molecular weight excluding hydrogens is 417 g/mol. The van der Waals surface area contributed by atoms with E-state index in [1.54, 1.807) is 32.5 Å². The number of guanidine groups is 1. The number of ether oxygens (including phenoxy) is 2. The van der Waals surface area contributed by atoms with Crippen molar-refractivity contribution in [2.45, 2.75) is 6.54 Å². The zero-order chi connectivity index (χ0) is 21.8. The maximum absolute atomic E-state index is 13.7. The quantitative estimate of drug-likeness (QED) is 0.346. The molecule has 0 aliphatic rings. The van der Waals surface area contributed by atoms with Crippen molar-refractivity contribution in [1.29, 1.82) is 0 Å². The van der Waals surface area contributed by atoms with Gasteiger partial charge in [-0.05, 0) is 36.4 Å². The van der Waals surface area contributed by atoms with Crippen LogP contribution in [-0.2, 0) is 6.54 Å². The Bertz CT molecular complexity index is 1240. The molecule has 4 rings (SSSR count). The number of rotatable bonds is 6. The predicted octanol–water partition coefficient (Wildman–Crippen LogP) is 4.25. The van der Waals surface area contributed by atoms with Gasteiger partial charge in [-0.25, -0.2) is 9.37 Å². The van der Waals surface area contributed by atoms with Crippen molar-refractivity contribution >= 4 is 33.3 Å². The summed E-state index contributed by atoms with van der Waals surface area (Å²) in [7, 11) is 3.20. The minimum Gasteiger partial charge on any atom is -0.496 e. The van der Waals surface area contributed by atoms with Crippen molar-refractivity contribution < 1.29 is 13.9 Å². The number of benzene rings is 2. The Labute approximate surface area is 182 Å². The summed E-state index contributed by atoms with van der Waals surface area (Å²) in [6.45, 7) is 0.370. The average molecular weight is 438 g/mol. The largest absolute Gasteiger partial charge is 0.496 e. The van der Waals surface area contributed by atoms with Crippen LogP contribution in [0.1, 0.15) is 5.56 Å². The molecule has 0 fully saturated rings. The highest BCUT2D eigenvalue weighted by atomic mass is 32.1. The standard InChI is InChI=1S/C22H20FN5O2S/c1-29-19-4-3-5-20(30-2)16(19)11-26-21(24)28-22-27-18(12-31-22)14-8-9-25-17-7-6-13(23)10-15(14)17/h3-10,12H,11H2,1-2H3,(H3,24,26,27,28). The van der Waals surface area contributed by atoms with Crippen LogP contribution in [-0.4, -0.2) is 30.1 Å². The van der Waals surface area contributed by atoms with Crippen molar-refractivity contribution in [3.8, 4) is 22.8 Å². The van der Waals surface area contributed by atoms with Gasteiger partial charge in [-0.15, -0.1) is 11.3 Å². The molecular formula is C22H20FN5O2S. The number of nitrogens with one attached hydrogen (secondary N) is 1. The topological polar surface area (TPSA) is 94.7 Å². The average Bonchev–Trinajstić information content (AvgIpc) is 3.24. The van der Waals surface area contributed by atoms with E-state index >= 15 is 0 Å². The lowest BCUT2D eigenvalue weighted by atomic mass is 10.1. The van der Waals surface area contributed by atoms with Gasteiger partial charge in [-0.1, -0.05) is 6.07 Å². The van der Waals surface area contributed by atoms with Crippen LogP contribution in [0, 0.1) is 5.82 Å². The minimum atomic E-state index is -0.324. The molecule has 0 bridgehead atoms. The lowest BCUT2D eigenvalue weighted by Crippen LogP contribution is -2.31.